The van der Waals surface area contributed by atoms with Crippen molar-refractivity contribution in [1.29, 1.82) is 0 Å². The number of nitrogens with one attached hydrogen (secondary N) is 1. The molecule has 0 saturated heterocycles. The van der Waals surface area contributed by atoms with E-state index < -0.39 is 5.97 Å². The number of carbonyl (C=O) groups excluding carboxylic acids is 1. The molecule has 4 heteroatoms. The molecule has 0 saturated carbocycles. The summed E-state index contributed by atoms with van der Waals surface area (Å²) in [4.78, 5) is 21.0. The van der Waals surface area contributed by atoms with Crippen LogP contribution in [0.15, 0.2) is 0 Å². The number of carboxylic acids is 1. The second-order valence-electron chi connectivity index (χ2n) is 2.76. The molecule has 0 aromatic carbocycles. The highest BCUT2D eigenvalue weighted by Gasteiger charge is 2.13. The van der Waals surface area contributed by atoms with Crippen molar-refractivity contribution in [2.24, 2.45) is 0 Å². The molecular weight excluding hydrogens is 158 g/mol. The van der Waals surface area contributed by atoms with Gasteiger partial charge in [0.2, 0.25) is 0 Å². The summed E-state index contributed by atoms with van der Waals surface area (Å²) >= 11 is 0. The standard InChI is InChI=1S/C8H15NO3/c1-3-9-7(4-6(2)10)5-8(11)12/h7,9H,3-5H2,1-2H3,(H,11,12). The van der Waals surface area contributed by atoms with Crippen molar-refractivity contribution in [2.45, 2.75) is 32.7 Å². The van der Waals surface area contributed by atoms with Gasteiger partial charge in [-0.15, -0.1) is 0 Å². The summed E-state index contributed by atoms with van der Waals surface area (Å²) in [7, 11) is 0. The third kappa shape index (κ3) is 5.85. The normalized spacial score (nSPS) is 12.5. The van der Waals surface area contributed by atoms with Gasteiger partial charge in [0.1, 0.15) is 5.78 Å². The first-order chi connectivity index (χ1) is 5.56. The van der Waals surface area contributed by atoms with E-state index in [9.17, 15) is 9.59 Å². The molecule has 0 radical (unpaired) electrons. The van der Waals surface area contributed by atoms with Crippen LogP contribution in [0.1, 0.15) is 26.7 Å². The summed E-state index contributed by atoms with van der Waals surface area (Å²) in [5.74, 6) is -0.857. The summed E-state index contributed by atoms with van der Waals surface area (Å²) in [6.45, 7) is 4.03. The van der Waals surface area contributed by atoms with E-state index in [0.717, 1.165) is 0 Å². The van der Waals surface area contributed by atoms with Crippen molar-refractivity contribution in [3.63, 3.8) is 0 Å². The van der Waals surface area contributed by atoms with E-state index in [-0.39, 0.29) is 18.2 Å². The zero-order valence-electron chi connectivity index (χ0n) is 7.46. The van der Waals surface area contributed by atoms with Crippen LogP contribution in [0.2, 0.25) is 0 Å². The Morgan fingerprint density at radius 1 is 1.42 bits per heavy atom. The van der Waals surface area contributed by atoms with Crippen LogP contribution in [0.3, 0.4) is 0 Å². The van der Waals surface area contributed by atoms with Crippen molar-refractivity contribution >= 4 is 11.8 Å². The second kappa shape index (κ2) is 5.71. The van der Waals surface area contributed by atoms with E-state index in [1.54, 1.807) is 0 Å². The van der Waals surface area contributed by atoms with Gasteiger partial charge in [-0.1, -0.05) is 6.92 Å². The Hall–Kier alpha value is -0.900. The maximum absolute atomic E-state index is 10.7. The van der Waals surface area contributed by atoms with Crippen LogP contribution in [0, 0.1) is 0 Å². The number of rotatable bonds is 6. The van der Waals surface area contributed by atoms with Gasteiger partial charge in [-0.3, -0.25) is 9.59 Å². The van der Waals surface area contributed by atoms with E-state index >= 15 is 0 Å². The molecule has 0 aromatic rings. The van der Waals surface area contributed by atoms with Gasteiger partial charge in [-0.05, 0) is 13.5 Å². The molecule has 4 nitrogen and oxygen atoms in total. The van der Waals surface area contributed by atoms with Crippen molar-refractivity contribution in [3.8, 4) is 0 Å². The number of ketones is 1. The highest BCUT2D eigenvalue weighted by Crippen LogP contribution is 1.98. The SMILES string of the molecule is CCNC(CC(C)=O)CC(=O)O. The molecule has 0 fully saturated rings. The molecule has 70 valence electrons. The van der Waals surface area contributed by atoms with Gasteiger partial charge in [0, 0.05) is 12.5 Å². The van der Waals surface area contributed by atoms with Gasteiger partial charge in [0.15, 0.2) is 0 Å². The third-order valence-corrected chi connectivity index (χ3v) is 1.45. The molecule has 0 spiro atoms. The summed E-state index contributed by atoms with van der Waals surface area (Å²) < 4.78 is 0. The molecule has 0 rings (SSSR count). The van der Waals surface area contributed by atoms with Crippen LogP contribution in [0.25, 0.3) is 0 Å². The molecule has 0 aromatic heterocycles. The molecular formula is C8H15NO3. The molecule has 1 unspecified atom stereocenters. The van der Waals surface area contributed by atoms with E-state index in [2.05, 4.69) is 5.32 Å². The Morgan fingerprint density at radius 2 is 2.00 bits per heavy atom. The first kappa shape index (κ1) is 11.1. The summed E-state index contributed by atoms with van der Waals surface area (Å²) in [5.41, 5.74) is 0. The largest absolute Gasteiger partial charge is 0.481 e. The fourth-order valence-electron chi connectivity index (χ4n) is 1.06. The lowest BCUT2D eigenvalue weighted by atomic mass is 10.1. The number of carbonyl (C=O) groups is 2. The quantitative estimate of drug-likeness (QED) is 0.610. The number of Topliss-reactive ketones (excluding diaryl/α,β-unsaturated/α-hetero) is 1. The molecule has 0 bridgehead atoms. The Morgan fingerprint density at radius 3 is 2.33 bits per heavy atom. The van der Waals surface area contributed by atoms with Crippen LogP contribution < -0.4 is 5.32 Å². The number of aliphatic carboxylic acids is 1. The van der Waals surface area contributed by atoms with Crippen molar-refractivity contribution in [2.75, 3.05) is 6.54 Å². The molecule has 2 N–H and O–H groups in total. The predicted octanol–water partition coefficient (Wildman–Crippen LogP) is 0.418. The highest BCUT2D eigenvalue weighted by atomic mass is 16.4. The van der Waals surface area contributed by atoms with Crippen molar-refractivity contribution in [3.05, 3.63) is 0 Å². The zero-order valence-corrected chi connectivity index (χ0v) is 7.46. The summed E-state index contributed by atoms with van der Waals surface area (Å²) in [6, 6.07) is -0.218. The van der Waals surface area contributed by atoms with Crippen LogP contribution in [-0.2, 0) is 9.59 Å². The zero-order chi connectivity index (χ0) is 9.56. The molecule has 0 aliphatic carbocycles. The summed E-state index contributed by atoms with van der Waals surface area (Å²) in [5, 5.41) is 11.4. The van der Waals surface area contributed by atoms with E-state index in [1.165, 1.54) is 6.92 Å². The predicted molar refractivity (Wildman–Crippen MR) is 45.0 cm³/mol. The fraction of sp³-hybridized carbons (Fsp3) is 0.750. The Bertz CT molecular complexity index is 152. The highest BCUT2D eigenvalue weighted by molar-refractivity contribution is 5.77. The average Bonchev–Trinajstić information content (AvgIpc) is 1.84. The van der Waals surface area contributed by atoms with Gasteiger partial charge < -0.3 is 10.4 Å². The van der Waals surface area contributed by atoms with Crippen molar-refractivity contribution < 1.29 is 14.7 Å². The summed E-state index contributed by atoms with van der Waals surface area (Å²) in [6.07, 6.45) is 0.299. The van der Waals surface area contributed by atoms with Crippen LogP contribution in [0.5, 0.6) is 0 Å². The third-order valence-electron chi connectivity index (χ3n) is 1.45. The van der Waals surface area contributed by atoms with Crippen molar-refractivity contribution in [1.82, 2.24) is 5.32 Å². The van der Waals surface area contributed by atoms with E-state index in [1.807, 2.05) is 6.92 Å². The van der Waals surface area contributed by atoms with Gasteiger partial charge in [0.25, 0.3) is 0 Å². The maximum Gasteiger partial charge on any atom is 0.304 e. The Labute approximate surface area is 72.0 Å². The van der Waals surface area contributed by atoms with Crippen LogP contribution >= 0.6 is 0 Å². The lowest BCUT2D eigenvalue weighted by molar-refractivity contribution is -0.137. The molecule has 12 heavy (non-hydrogen) atoms. The molecule has 0 aliphatic heterocycles. The maximum atomic E-state index is 10.7. The van der Waals surface area contributed by atoms with Gasteiger partial charge in [-0.2, -0.15) is 0 Å². The number of carboxylic acid groups (broad SMARTS) is 1. The van der Waals surface area contributed by atoms with E-state index in [0.29, 0.717) is 13.0 Å². The monoisotopic (exact) mass is 173 g/mol. The molecule has 0 heterocycles. The lowest BCUT2D eigenvalue weighted by Crippen LogP contribution is -2.32. The van der Waals surface area contributed by atoms with Crippen LogP contribution in [-0.4, -0.2) is 29.4 Å². The second-order valence-corrected chi connectivity index (χ2v) is 2.76. The number of hydrogen-bond acceptors (Lipinski definition) is 3. The fourth-order valence-corrected chi connectivity index (χ4v) is 1.06. The minimum atomic E-state index is -0.873. The minimum Gasteiger partial charge on any atom is -0.481 e. The van der Waals surface area contributed by atoms with Gasteiger partial charge in [-0.25, -0.2) is 0 Å². The molecule has 1 atom stereocenters. The lowest BCUT2D eigenvalue weighted by Gasteiger charge is -2.13. The number of hydrogen-bond donors (Lipinski definition) is 2. The van der Waals surface area contributed by atoms with E-state index in [4.69, 9.17) is 5.11 Å². The topological polar surface area (TPSA) is 66.4 Å². The average molecular weight is 173 g/mol. The Balaban J connectivity index is 3.85. The first-order valence-electron chi connectivity index (χ1n) is 4.00. The molecule has 0 aliphatic rings. The first-order valence-corrected chi connectivity index (χ1v) is 4.00. The minimum absolute atomic E-state index is 0.00736. The smallest absolute Gasteiger partial charge is 0.304 e. The van der Waals surface area contributed by atoms with Gasteiger partial charge >= 0.3 is 5.97 Å². The van der Waals surface area contributed by atoms with Crippen LogP contribution in [0.4, 0.5) is 0 Å². The van der Waals surface area contributed by atoms with Gasteiger partial charge in [0.05, 0.1) is 6.42 Å². The molecule has 0 amide bonds. The Kier molecular flexibility index (Phi) is 5.28.